The molecule has 0 bridgehead atoms. The van der Waals surface area contributed by atoms with Crippen molar-refractivity contribution >= 4 is 52.1 Å². The molecule has 0 unspecified atom stereocenters. The molecule has 0 N–H and O–H groups in total. The fourth-order valence-corrected chi connectivity index (χ4v) is 4.13. The Hall–Kier alpha value is -0.166. The lowest BCUT2D eigenvalue weighted by Gasteiger charge is -2.23. The highest BCUT2D eigenvalue weighted by atomic mass is 32.1. The van der Waals surface area contributed by atoms with Crippen molar-refractivity contribution in [3.8, 4) is 0 Å². The molecule has 0 saturated carbocycles. The molecule has 0 aliphatic carbocycles. The topological polar surface area (TPSA) is 70.9 Å². The third kappa shape index (κ3) is 11.9. The quantitative estimate of drug-likeness (QED) is 0.229. The molecule has 0 aliphatic heterocycles. The van der Waals surface area contributed by atoms with Gasteiger partial charge >= 0.3 is 17.4 Å². The van der Waals surface area contributed by atoms with Gasteiger partial charge in [-0.3, -0.25) is 0 Å². The minimum atomic E-state index is -2.39. The van der Waals surface area contributed by atoms with Gasteiger partial charge in [0, 0.05) is 48.1 Å². The Morgan fingerprint density at radius 3 is 1.65 bits per heavy atom. The van der Waals surface area contributed by atoms with Crippen LogP contribution >= 0.6 is 24.4 Å². The van der Waals surface area contributed by atoms with Gasteiger partial charge in [-0.15, -0.1) is 0 Å². The van der Waals surface area contributed by atoms with Crippen LogP contribution in [0.1, 0.15) is 6.42 Å². The summed E-state index contributed by atoms with van der Waals surface area (Å²) in [6.45, 7) is 2.57. The van der Waals surface area contributed by atoms with Crippen LogP contribution < -0.4 is 0 Å². The lowest BCUT2D eigenvalue weighted by atomic mass is 10.5. The monoisotopic (exact) mass is 398 g/mol. The SMILES string of the molecule is CO[Si](C)(CN=C=S)OC.CO[Si](CCCN=C=S)(OC)OC. The second kappa shape index (κ2) is 15.4. The highest BCUT2D eigenvalue weighted by Crippen LogP contribution is 2.14. The molecule has 0 aromatic heterocycles. The van der Waals surface area contributed by atoms with E-state index < -0.39 is 17.4 Å². The maximum Gasteiger partial charge on any atom is 0.500 e. The first-order valence-corrected chi connectivity index (χ1v) is 12.0. The van der Waals surface area contributed by atoms with E-state index >= 15 is 0 Å². The summed E-state index contributed by atoms with van der Waals surface area (Å²) in [4.78, 5) is 7.56. The van der Waals surface area contributed by atoms with Crippen LogP contribution in [0.2, 0.25) is 12.6 Å². The summed E-state index contributed by atoms with van der Waals surface area (Å²) in [6, 6.07) is 0.747. The standard InChI is InChI=1S/C7H15NO3SSi.C5H11NO2SSi/c1-9-13(10-2,11-3)6-4-5-8-7-12;1-7-10(3,8-2)5-6-4-9/h4-6H2,1-3H3;5H2,1-3H3. The van der Waals surface area contributed by atoms with Gasteiger partial charge in [0.15, 0.2) is 0 Å². The average Bonchev–Trinajstić information content (AvgIpc) is 2.61. The van der Waals surface area contributed by atoms with Crippen LogP contribution in [0.3, 0.4) is 0 Å². The molecular weight excluding hydrogens is 372 g/mol. The maximum atomic E-state index is 5.22. The molecule has 0 aromatic rings. The van der Waals surface area contributed by atoms with Crippen LogP contribution in [0.15, 0.2) is 9.98 Å². The molecule has 0 fully saturated rings. The number of thiocarbonyl (C=S) groups is 2. The highest BCUT2D eigenvalue weighted by Gasteiger charge is 2.36. The second-order valence-electron chi connectivity index (χ2n) is 4.32. The van der Waals surface area contributed by atoms with Gasteiger partial charge in [-0.2, -0.15) is 0 Å². The number of nitrogens with zero attached hydrogens (tertiary/aromatic N) is 2. The van der Waals surface area contributed by atoms with Gasteiger partial charge in [0.05, 0.1) is 16.5 Å². The first-order valence-electron chi connectivity index (χ1n) is 6.76. The van der Waals surface area contributed by atoms with Gasteiger partial charge in [-0.05, 0) is 37.4 Å². The van der Waals surface area contributed by atoms with E-state index in [2.05, 4.69) is 44.7 Å². The number of hydrogen-bond acceptors (Lipinski definition) is 9. The second-order valence-corrected chi connectivity index (χ2v) is 11.2. The zero-order valence-corrected chi connectivity index (χ0v) is 18.2. The largest absolute Gasteiger partial charge is 0.500 e. The Kier molecular flexibility index (Phi) is 16.8. The summed E-state index contributed by atoms with van der Waals surface area (Å²) >= 11 is 8.86. The predicted molar refractivity (Wildman–Crippen MR) is 102 cm³/mol. The minimum Gasteiger partial charge on any atom is -0.397 e. The van der Waals surface area contributed by atoms with Crippen molar-refractivity contribution in [1.29, 1.82) is 0 Å². The van der Waals surface area contributed by atoms with Gasteiger partial charge in [-0.1, -0.05) is 0 Å². The van der Waals surface area contributed by atoms with E-state index in [-0.39, 0.29) is 0 Å². The van der Waals surface area contributed by atoms with Crippen LogP contribution in [0.25, 0.3) is 0 Å². The molecule has 23 heavy (non-hydrogen) atoms. The van der Waals surface area contributed by atoms with Gasteiger partial charge in [0.25, 0.3) is 0 Å². The molecule has 7 nitrogen and oxygen atoms in total. The van der Waals surface area contributed by atoms with E-state index in [9.17, 15) is 0 Å². The fraction of sp³-hybridized carbons (Fsp3) is 0.833. The first kappa shape index (κ1) is 25.1. The van der Waals surface area contributed by atoms with Crippen molar-refractivity contribution in [2.45, 2.75) is 19.0 Å². The number of rotatable bonds is 11. The van der Waals surface area contributed by atoms with Crippen molar-refractivity contribution in [1.82, 2.24) is 0 Å². The van der Waals surface area contributed by atoms with Crippen molar-refractivity contribution in [3.63, 3.8) is 0 Å². The average molecular weight is 399 g/mol. The van der Waals surface area contributed by atoms with E-state index in [1.54, 1.807) is 35.5 Å². The Morgan fingerprint density at radius 1 is 0.826 bits per heavy atom. The van der Waals surface area contributed by atoms with Gasteiger partial charge in [-0.25, -0.2) is 9.98 Å². The Morgan fingerprint density at radius 2 is 1.30 bits per heavy atom. The number of isothiocyanates is 2. The normalized spacial score (nSPS) is 10.9. The van der Waals surface area contributed by atoms with Crippen molar-refractivity contribution in [2.75, 3.05) is 48.3 Å². The highest BCUT2D eigenvalue weighted by molar-refractivity contribution is 7.78. The zero-order chi connectivity index (χ0) is 18.2. The maximum absolute atomic E-state index is 5.22. The van der Waals surface area contributed by atoms with E-state index in [0.29, 0.717) is 12.7 Å². The third-order valence-electron chi connectivity index (χ3n) is 3.04. The molecule has 0 amide bonds. The first-order chi connectivity index (χ1) is 10.9. The molecule has 0 heterocycles. The van der Waals surface area contributed by atoms with Crippen molar-refractivity contribution in [3.05, 3.63) is 0 Å². The number of aliphatic imine (C=N–C) groups is 2. The Bertz CT molecular complexity index is 389. The summed E-state index contributed by atoms with van der Waals surface area (Å²) < 4.78 is 25.9. The molecule has 0 aromatic carbocycles. The van der Waals surface area contributed by atoms with Crippen LogP contribution in [-0.2, 0) is 22.1 Å². The molecule has 11 heteroatoms. The van der Waals surface area contributed by atoms with E-state index in [1.807, 2.05) is 6.55 Å². The van der Waals surface area contributed by atoms with E-state index in [4.69, 9.17) is 22.1 Å². The molecule has 134 valence electrons. The van der Waals surface area contributed by atoms with Gasteiger partial charge in [0.2, 0.25) is 0 Å². The third-order valence-corrected chi connectivity index (χ3v) is 8.59. The zero-order valence-electron chi connectivity index (χ0n) is 14.6. The van der Waals surface area contributed by atoms with Gasteiger partial charge < -0.3 is 22.1 Å². The fourth-order valence-electron chi connectivity index (χ4n) is 1.36. The molecule has 0 saturated heterocycles. The smallest absolute Gasteiger partial charge is 0.397 e. The van der Waals surface area contributed by atoms with Crippen LogP contribution in [0, 0.1) is 0 Å². The summed E-state index contributed by atoms with van der Waals surface area (Å²) in [5, 5.41) is 4.58. The molecular formula is C12H26N2O5S2Si2. The van der Waals surface area contributed by atoms with E-state index in [0.717, 1.165) is 12.5 Å². The van der Waals surface area contributed by atoms with Crippen molar-refractivity contribution in [2.24, 2.45) is 9.98 Å². The summed E-state index contributed by atoms with van der Waals surface area (Å²) in [5.41, 5.74) is 0. The van der Waals surface area contributed by atoms with Crippen LogP contribution in [0.4, 0.5) is 0 Å². The Balaban J connectivity index is 0. The number of hydrogen-bond donors (Lipinski definition) is 0. The lowest BCUT2D eigenvalue weighted by Crippen LogP contribution is -2.42. The molecule has 0 atom stereocenters. The summed E-state index contributed by atoms with van der Waals surface area (Å²) in [6.07, 6.45) is 1.36. The molecule has 0 radical (unpaired) electrons. The molecule has 0 aliphatic rings. The summed E-state index contributed by atoms with van der Waals surface area (Å²) in [5.74, 6) is 0. The van der Waals surface area contributed by atoms with Gasteiger partial charge in [0.1, 0.15) is 0 Å². The lowest BCUT2D eigenvalue weighted by molar-refractivity contribution is 0.123. The molecule has 0 rings (SSSR count). The predicted octanol–water partition coefficient (Wildman–Crippen LogP) is 2.35. The minimum absolute atomic E-state index is 0.517. The Labute approximate surface area is 151 Å². The summed E-state index contributed by atoms with van der Waals surface area (Å²) in [7, 11) is 3.63. The van der Waals surface area contributed by atoms with E-state index in [1.165, 1.54) is 0 Å². The van der Waals surface area contributed by atoms with Crippen LogP contribution in [-0.4, -0.2) is 75.9 Å². The molecule has 0 spiro atoms. The van der Waals surface area contributed by atoms with Crippen LogP contribution in [0.5, 0.6) is 0 Å². The van der Waals surface area contributed by atoms with Crippen molar-refractivity contribution < 1.29 is 22.1 Å².